The Bertz CT molecular complexity index is 1480. The van der Waals surface area contributed by atoms with Crippen LogP contribution in [0.25, 0.3) is 21.9 Å². The third-order valence-corrected chi connectivity index (χ3v) is 7.80. The maximum absolute atomic E-state index is 13.2. The number of rotatable bonds is 7. The van der Waals surface area contributed by atoms with Gasteiger partial charge in [0.1, 0.15) is 5.75 Å². The van der Waals surface area contributed by atoms with E-state index < -0.39 is 5.97 Å². The van der Waals surface area contributed by atoms with E-state index in [-0.39, 0.29) is 17.4 Å². The predicted octanol–water partition coefficient (Wildman–Crippen LogP) is 3.25. The number of benzene rings is 1. The fourth-order valence-electron chi connectivity index (χ4n) is 5.68. The number of nitrogens with one attached hydrogen (secondary N) is 1. The van der Waals surface area contributed by atoms with Gasteiger partial charge in [0.15, 0.2) is 5.65 Å². The number of carbonyl (C=O) groups is 2. The summed E-state index contributed by atoms with van der Waals surface area (Å²) in [6.45, 7) is 5.77. The molecular weight excluding hydrogens is 496 g/mol. The minimum absolute atomic E-state index is 0.175. The van der Waals surface area contributed by atoms with Crippen molar-refractivity contribution in [3.63, 3.8) is 0 Å². The minimum atomic E-state index is -0.953. The molecule has 10 nitrogen and oxygen atoms in total. The van der Waals surface area contributed by atoms with E-state index in [0.717, 1.165) is 67.5 Å². The molecule has 1 aromatic carbocycles. The summed E-state index contributed by atoms with van der Waals surface area (Å²) >= 11 is 0. The first-order valence-corrected chi connectivity index (χ1v) is 13.5. The van der Waals surface area contributed by atoms with Gasteiger partial charge in [0.05, 0.1) is 30.4 Å². The summed E-state index contributed by atoms with van der Waals surface area (Å²) in [6.07, 6.45) is 7.57. The van der Waals surface area contributed by atoms with Gasteiger partial charge < -0.3 is 24.6 Å². The third kappa shape index (κ3) is 5.37. The Hall–Kier alpha value is -4.18. The van der Waals surface area contributed by atoms with Crippen molar-refractivity contribution in [2.75, 3.05) is 57.3 Å². The third-order valence-electron chi connectivity index (χ3n) is 7.80. The largest absolute Gasteiger partial charge is 0.493 e. The highest BCUT2D eigenvalue weighted by molar-refractivity contribution is 6.10. The Kier molecular flexibility index (Phi) is 7.02. The molecule has 10 heteroatoms. The number of carbonyl (C=O) groups excluding carboxylic acids is 1. The number of likely N-dealkylation sites (tertiary alicyclic amines) is 1. The average molecular weight is 529 g/mol. The Morgan fingerprint density at radius 3 is 2.64 bits per heavy atom. The van der Waals surface area contributed by atoms with Crippen molar-refractivity contribution in [2.45, 2.75) is 12.8 Å². The maximum Gasteiger partial charge on any atom is 0.335 e. The summed E-state index contributed by atoms with van der Waals surface area (Å²) in [5, 5.41) is 11.2. The van der Waals surface area contributed by atoms with Crippen molar-refractivity contribution < 1.29 is 19.4 Å². The van der Waals surface area contributed by atoms with Crippen molar-refractivity contribution in [3.8, 4) is 5.75 Å². The van der Waals surface area contributed by atoms with Gasteiger partial charge in [-0.3, -0.25) is 9.69 Å². The predicted molar refractivity (Wildman–Crippen MR) is 148 cm³/mol. The van der Waals surface area contributed by atoms with Gasteiger partial charge in [-0.05, 0) is 49.2 Å². The van der Waals surface area contributed by atoms with E-state index in [1.165, 1.54) is 5.69 Å². The molecule has 202 valence electrons. The molecule has 2 aliphatic rings. The lowest BCUT2D eigenvalue weighted by Gasteiger charge is -2.38. The molecule has 1 unspecified atom stereocenters. The first kappa shape index (κ1) is 25.1. The summed E-state index contributed by atoms with van der Waals surface area (Å²) in [5.41, 5.74) is 3.16. The van der Waals surface area contributed by atoms with Crippen LogP contribution in [-0.2, 0) is 4.79 Å². The minimum Gasteiger partial charge on any atom is -0.493 e. The number of aromatic amines is 1. The number of piperazine rings is 1. The SMILES string of the molecule is O=C(O)c1ccc(OCC2CCCN(C(=O)CN3CCN(c4cc[nH]c5cnc6nccc6c45)CC3)C2)cc1. The van der Waals surface area contributed by atoms with E-state index >= 15 is 0 Å². The number of anilines is 1. The van der Waals surface area contributed by atoms with Crippen molar-refractivity contribution in [1.29, 1.82) is 0 Å². The number of aromatic carboxylic acids is 1. The Morgan fingerprint density at radius 2 is 1.85 bits per heavy atom. The number of carboxylic acid groups (broad SMARTS) is 1. The molecule has 0 saturated carbocycles. The lowest BCUT2D eigenvalue weighted by molar-refractivity contribution is -0.134. The Labute approximate surface area is 226 Å². The number of fused-ring (bicyclic) bond motifs is 3. The second kappa shape index (κ2) is 10.9. The zero-order chi connectivity index (χ0) is 26.8. The van der Waals surface area contributed by atoms with Gasteiger partial charge in [0.25, 0.3) is 0 Å². The zero-order valence-electron chi connectivity index (χ0n) is 21.8. The first-order chi connectivity index (χ1) is 19.0. The summed E-state index contributed by atoms with van der Waals surface area (Å²) < 4.78 is 5.91. The number of piperidine rings is 1. The van der Waals surface area contributed by atoms with Crippen molar-refractivity contribution >= 4 is 39.5 Å². The highest BCUT2D eigenvalue weighted by Crippen LogP contribution is 2.31. The van der Waals surface area contributed by atoms with Crippen molar-refractivity contribution in [1.82, 2.24) is 24.8 Å². The molecule has 6 rings (SSSR count). The number of carboxylic acids is 1. The van der Waals surface area contributed by atoms with E-state index in [0.29, 0.717) is 25.4 Å². The highest BCUT2D eigenvalue weighted by atomic mass is 16.5. The molecular formula is C29H32N6O4. The molecule has 1 atom stereocenters. The maximum atomic E-state index is 13.2. The number of aromatic nitrogens is 3. The molecule has 0 aliphatic carbocycles. The number of nitrogens with zero attached hydrogens (tertiary/aromatic N) is 5. The van der Waals surface area contributed by atoms with Crippen LogP contribution in [0.4, 0.5) is 5.69 Å². The number of hydrogen-bond acceptors (Lipinski definition) is 7. The van der Waals surface area contributed by atoms with Crippen molar-refractivity contribution in [2.24, 2.45) is 5.92 Å². The fourth-order valence-corrected chi connectivity index (χ4v) is 5.68. The van der Waals surface area contributed by atoms with Crippen molar-refractivity contribution in [3.05, 3.63) is 60.6 Å². The van der Waals surface area contributed by atoms with E-state index in [2.05, 4.69) is 30.8 Å². The number of pyridine rings is 2. The first-order valence-electron chi connectivity index (χ1n) is 13.5. The fraction of sp³-hybridized carbons (Fsp3) is 0.379. The molecule has 0 radical (unpaired) electrons. The van der Waals surface area contributed by atoms with Crippen LogP contribution >= 0.6 is 0 Å². The van der Waals surface area contributed by atoms with E-state index in [1.54, 1.807) is 30.5 Å². The molecule has 2 N–H and O–H groups in total. The number of amides is 1. The molecule has 2 aliphatic heterocycles. The standard InChI is InChI=1S/C29H32N6O4/c36-26(35-11-1-2-20(17-35)19-39-22-5-3-21(4-6-22)29(37)38)18-33-12-14-34(15-13-33)25-8-10-30-24-16-32-28-23(27(24)25)7-9-31-28/h3-10,16,20,30H,1-2,11-15,17-19H2,(H,37,38). The lowest BCUT2D eigenvalue weighted by atomic mass is 9.99. The van der Waals surface area contributed by atoms with E-state index in [1.807, 2.05) is 23.4 Å². The van der Waals surface area contributed by atoms with Crippen LogP contribution in [0.2, 0.25) is 0 Å². The number of H-pyrrole nitrogens is 1. The number of hydrogen-bond donors (Lipinski definition) is 2. The summed E-state index contributed by atoms with van der Waals surface area (Å²) in [4.78, 5) is 43.0. The van der Waals surface area contributed by atoms with Gasteiger partial charge in [-0.25, -0.2) is 14.8 Å². The summed E-state index contributed by atoms with van der Waals surface area (Å²) in [6, 6.07) is 10.6. The smallest absolute Gasteiger partial charge is 0.335 e. The topological polar surface area (TPSA) is 115 Å². The molecule has 39 heavy (non-hydrogen) atoms. The second-order valence-electron chi connectivity index (χ2n) is 10.3. The molecule has 1 amide bonds. The van der Waals surface area contributed by atoms with Crippen LogP contribution in [0, 0.1) is 5.92 Å². The van der Waals surface area contributed by atoms with Crippen LogP contribution < -0.4 is 9.64 Å². The Morgan fingerprint density at radius 1 is 1.03 bits per heavy atom. The van der Waals surface area contributed by atoms with Crippen LogP contribution in [0.3, 0.4) is 0 Å². The molecule has 3 aromatic heterocycles. The molecule has 5 heterocycles. The highest BCUT2D eigenvalue weighted by Gasteiger charge is 2.27. The van der Waals surface area contributed by atoms with Crippen LogP contribution in [-0.4, -0.2) is 94.2 Å². The molecule has 2 fully saturated rings. The van der Waals surface area contributed by atoms with Gasteiger partial charge in [0, 0.05) is 74.0 Å². The lowest BCUT2D eigenvalue weighted by Crippen LogP contribution is -2.51. The molecule has 0 spiro atoms. The summed E-state index contributed by atoms with van der Waals surface area (Å²) in [5.74, 6) is 0.136. The second-order valence-corrected chi connectivity index (χ2v) is 10.3. The quantitative estimate of drug-likeness (QED) is 0.376. The summed E-state index contributed by atoms with van der Waals surface area (Å²) in [7, 11) is 0. The van der Waals surface area contributed by atoms with Gasteiger partial charge in [0.2, 0.25) is 5.91 Å². The average Bonchev–Trinajstić information content (AvgIpc) is 3.46. The van der Waals surface area contributed by atoms with Gasteiger partial charge >= 0.3 is 5.97 Å². The van der Waals surface area contributed by atoms with Gasteiger partial charge in [-0.1, -0.05) is 0 Å². The van der Waals surface area contributed by atoms with Crippen LogP contribution in [0.5, 0.6) is 5.75 Å². The van der Waals surface area contributed by atoms with E-state index in [4.69, 9.17) is 9.84 Å². The zero-order valence-corrected chi connectivity index (χ0v) is 21.8. The van der Waals surface area contributed by atoms with Crippen LogP contribution in [0.15, 0.2) is 55.0 Å². The van der Waals surface area contributed by atoms with Gasteiger partial charge in [-0.15, -0.1) is 0 Å². The molecule has 0 bridgehead atoms. The van der Waals surface area contributed by atoms with E-state index in [9.17, 15) is 9.59 Å². The normalized spacial score (nSPS) is 18.5. The number of ether oxygens (including phenoxy) is 1. The van der Waals surface area contributed by atoms with Gasteiger partial charge in [-0.2, -0.15) is 0 Å². The monoisotopic (exact) mass is 528 g/mol. The molecule has 4 aromatic rings. The Balaban J connectivity index is 1.02. The molecule has 2 saturated heterocycles. The van der Waals surface area contributed by atoms with Crippen LogP contribution in [0.1, 0.15) is 23.2 Å².